The minimum atomic E-state index is -1.01. The summed E-state index contributed by atoms with van der Waals surface area (Å²) in [6.07, 6.45) is 4.32. The summed E-state index contributed by atoms with van der Waals surface area (Å²) in [5, 5.41) is 19.4. The van der Waals surface area contributed by atoms with Crippen molar-refractivity contribution in [2.75, 3.05) is 18.0 Å². The van der Waals surface area contributed by atoms with Crippen LogP contribution < -0.4 is 4.90 Å². The normalized spacial score (nSPS) is 20.8. The number of pyridine rings is 1. The maximum Gasteiger partial charge on any atom is 0.257 e. The van der Waals surface area contributed by atoms with Crippen molar-refractivity contribution in [3.05, 3.63) is 60.3 Å². The van der Waals surface area contributed by atoms with E-state index in [1.54, 1.807) is 24.7 Å². The second-order valence-corrected chi connectivity index (χ2v) is 9.68. The van der Waals surface area contributed by atoms with Crippen LogP contribution in [0.4, 0.5) is 10.2 Å². The molecule has 1 fully saturated rings. The van der Waals surface area contributed by atoms with E-state index >= 15 is 0 Å². The molecule has 1 unspecified atom stereocenters. The molecule has 1 N–H and O–H groups in total. The fourth-order valence-corrected chi connectivity index (χ4v) is 5.28. The Morgan fingerprint density at radius 3 is 2.65 bits per heavy atom. The Morgan fingerprint density at radius 1 is 1.18 bits per heavy atom. The van der Waals surface area contributed by atoms with Crippen molar-refractivity contribution in [3.8, 4) is 0 Å². The highest BCUT2D eigenvalue weighted by atomic mass is 19.1. The number of benzene rings is 1. The van der Waals surface area contributed by atoms with E-state index in [1.807, 2.05) is 30.4 Å². The molecule has 1 aliphatic heterocycles. The van der Waals surface area contributed by atoms with Gasteiger partial charge in [-0.3, -0.25) is 14.3 Å². The zero-order chi connectivity index (χ0) is 24.0. The van der Waals surface area contributed by atoms with Gasteiger partial charge in [-0.2, -0.15) is 4.98 Å². The second kappa shape index (κ2) is 8.56. The van der Waals surface area contributed by atoms with Gasteiger partial charge in [0.05, 0.1) is 17.2 Å². The van der Waals surface area contributed by atoms with E-state index < -0.39 is 5.60 Å². The Hall–Kier alpha value is -3.17. The summed E-state index contributed by atoms with van der Waals surface area (Å²) < 4.78 is 15.5. The van der Waals surface area contributed by atoms with Crippen molar-refractivity contribution in [1.82, 2.24) is 29.5 Å². The first kappa shape index (κ1) is 22.6. The lowest BCUT2D eigenvalue weighted by molar-refractivity contribution is -0.0472. The molecule has 0 aliphatic carbocycles. The smallest absolute Gasteiger partial charge is 0.257 e. The molecule has 1 aromatic carbocycles. The third-order valence-corrected chi connectivity index (χ3v) is 6.81. The van der Waals surface area contributed by atoms with Gasteiger partial charge in [0.2, 0.25) is 0 Å². The zero-order valence-corrected chi connectivity index (χ0v) is 19.9. The van der Waals surface area contributed by atoms with Gasteiger partial charge in [0, 0.05) is 31.4 Å². The molecule has 4 aromatic rings. The Balaban J connectivity index is 1.55. The predicted octanol–water partition coefficient (Wildman–Crippen LogP) is 3.61. The molecular formula is C25H30FN7O. The van der Waals surface area contributed by atoms with E-state index in [0.717, 1.165) is 28.8 Å². The van der Waals surface area contributed by atoms with Gasteiger partial charge >= 0.3 is 0 Å². The number of hydrogen-bond acceptors (Lipinski definition) is 7. The van der Waals surface area contributed by atoms with Crippen LogP contribution in [0.15, 0.2) is 48.9 Å². The van der Waals surface area contributed by atoms with Gasteiger partial charge in [-0.15, -0.1) is 10.2 Å². The molecule has 0 spiro atoms. The zero-order valence-electron chi connectivity index (χ0n) is 19.9. The number of fused-ring (bicyclic) bond motifs is 3. The summed E-state index contributed by atoms with van der Waals surface area (Å²) >= 11 is 0. The number of aliphatic hydroxyl groups is 1. The van der Waals surface area contributed by atoms with Crippen LogP contribution in [0, 0.1) is 5.82 Å². The molecule has 3 aromatic heterocycles. The molecule has 178 valence electrons. The highest BCUT2D eigenvalue weighted by Gasteiger charge is 2.42. The van der Waals surface area contributed by atoms with E-state index in [1.165, 1.54) is 12.1 Å². The topological polar surface area (TPSA) is 82.7 Å². The van der Waals surface area contributed by atoms with E-state index in [4.69, 9.17) is 4.98 Å². The largest absolute Gasteiger partial charge is 0.388 e. The first-order valence-corrected chi connectivity index (χ1v) is 11.7. The lowest BCUT2D eigenvalue weighted by atomic mass is 9.87. The van der Waals surface area contributed by atoms with E-state index in [0.29, 0.717) is 18.9 Å². The fourth-order valence-electron chi connectivity index (χ4n) is 5.28. The maximum absolute atomic E-state index is 13.6. The summed E-state index contributed by atoms with van der Waals surface area (Å²) in [7, 11) is 0. The quantitative estimate of drug-likeness (QED) is 0.484. The van der Waals surface area contributed by atoms with Gasteiger partial charge in [-0.1, -0.05) is 19.1 Å². The summed E-state index contributed by atoms with van der Waals surface area (Å²) in [6.45, 7) is 9.39. The minimum Gasteiger partial charge on any atom is -0.388 e. The molecule has 1 aliphatic rings. The highest BCUT2D eigenvalue weighted by Crippen LogP contribution is 2.38. The second-order valence-electron chi connectivity index (χ2n) is 9.68. The van der Waals surface area contributed by atoms with Crippen molar-refractivity contribution in [1.29, 1.82) is 0 Å². The molecule has 1 saturated heterocycles. The number of aromatic nitrogens is 5. The summed E-state index contributed by atoms with van der Waals surface area (Å²) in [5.74, 6) is 1.06. The van der Waals surface area contributed by atoms with Crippen LogP contribution in [0.3, 0.4) is 0 Å². The van der Waals surface area contributed by atoms with E-state index in [2.05, 4.69) is 38.8 Å². The van der Waals surface area contributed by atoms with Crippen LogP contribution in [0.25, 0.3) is 16.8 Å². The number of piperazine rings is 1. The number of nitrogens with zero attached hydrogens (tertiary/aromatic N) is 7. The predicted molar refractivity (Wildman–Crippen MR) is 129 cm³/mol. The highest BCUT2D eigenvalue weighted by molar-refractivity contribution is 5.88. The standard InChI is InChI=1S/C25H30FN7O/c1-5-19-14-31(23-21-20(7-6-12-27-21)33-15-28-30-24(33)29-23)16(2)13-32(19)22(25(3,4)34)17-8-10-18(26)11-9-17/h6-12,15-16,19,22,34H,5,13-14H2,1-4H3/t16-,19+,22?/m0/s1. The Morgan fingerprint density at radius 2 is 1.94 bits per heavy atom. The van der Waals surface area contributed by atoms with Crippen LogP contribution in [0.5, 0.6) is 0 Å². The average molecular weight is 464 g/mol. The fraction of sp³-hybridized carbons (Fsp3) is 0.440. The number of halogens is 1. The molecule has 9 heteroatoms. The first-order chi connectivity index (χ1) is 16.3. The molecule has 0 bridgehead atoms. The summed E-state index contributed by atoms with van der Waals surface area (Å²) in [5.41, 5.74) is 1.61. The molecular weight excluding hydrogens is 433 g/mol. The number of hydrogen-bond donors (Lipinski definition) is 1. The molecule has 0 radical (unpaired) electrons. The average Bonchev–Trinajstić information content (AvgIpc) is 3.28. The third kappa shape index (κ3) is 3.88. The van der Waals surface area contributed by atoms with Gasteiger partial charge in [0.1, 0.15) is 17.7 Å². The lowest BCUT2D eigenvalue weighted by Gasteiger charge is -2.51. The molecule has 0 saturated carbocycles. The third-order valence-electron chi connectivity index (χ3n) is 6.81. The van der Waals surface area contributed by atoms with Crippen LogP contribution in [0.2, 0.25) is 0 Å². The SMILES string of the molecule is CC[C@@H]1CN(c2nc3nncn3c3cccnc23)[C@@H](C)CN1C(c1ccc(F)cc1)C(C)(C)O. The van der Waals surface area contributed by atoms with Crippen molar-refractivity contribution in [2.24, 2.45) is 0 Å². The number of anilines is 1. The number of rotatable bonds is 5. The van der Waals surface area contributed by atoms with Crippen LogP contribution in [-0.2, 0) is 0 Å². The van der Waals surface area contributed by atoms with E-state index in [9.17, 15) is 9.50 Å². The van der Waals surface area contributed by atoms with Crippen LogP contribution >= 0.6 is 0 Å². The first-order valence-electron chi connectivity index (χ1n) is 11.7. The molecule has 8 nitrogen and oxygen atoms in total. The molecule has 3 atom stereocenters. The van der Waals surface area contributed by atoms with E-state index in [-0.39, 0.29) is 23.9 Å². The van der Waals surface area contributed by atoms with Crippen molar-refractivity contribution in [2.45, 2.75) is 57.8 Å². The summed E-state index contributed by atoms with van der Waals surface area (Å²) in [4.78, 5) is 14.1. The molecule has 4 heterocycles. The van der Waals surface area contributed by atoms with Crippen molar-refractivity contribution in [3.63, 3.8) is 0 Å². The van der Waals surface area contributed by atoms with Crippen molar-refractivity contribution >= 4 is 22.6 Å². The Labute approximate surface area is 198 Å². The van der Waals surface area contributed by atoms with Gasteiger partial charge < -0.3 is 10.0 Å². The van der Waals surface area contributed by atoms with Gasteiger partial charge in [0.25, 0.3) is 5.78 Å². The van der Waals surface area contributed by atoms with Gasteiger partial charge in [-0.05, 0) is 57.0 Å². The monoisotopic (exact) mass is 463 g/mol. The summed E-state index contributed by atoms with van der Waals surface area (Å²) in [6, 6.07) is 10.3. The minimum absolute atomic E-state index is 0.0937. The lowest BCUT2D eigenvalue weighted by Crippen LogP contribution is -2.61. The van der Waals surface area contributed by atoms with Gasteiger partial charge in [0.15, 0.2) is 5.82 Å². The Bertz CT molecular complexity index is 1300. The molecule has 5 rings (SSSR count). The van der Waals surface area contributed by atoms with Crippen LogP contribution in [0.1, 0.15) is 45.7 Å². The maximum atomic E-state index is 13.6. The van der Waals surface area contributed by atoms with Gasteiger partial charge in [-0.25, -0.2) is 4.39 Å². The Kier molecular flexibility index (Phi) is 5.69. The van der Waals surface area contributed by atoms with Crippen molar-refractivity contribution < 1.29 is 9.50 Å². The molecule has 0 amide bonds. The molecule has 34 heavy (non-hydrogen) atoms. The van der Waals surface area contributed by atoms with Crippen LogP contribution in [-0.4, -0.2) is 65.3 Å².